The van der Waals surface area contributed by atoms with Gasteiger partial charge < -0.3 is 10.1 Å². The van der Waals surface area contributed by atoms with Crippen LogP contribution in [0.2, 0.25) is 0 Å². The number of nitrogens with zero attached hydrogens (tertiary/aromatic N) is 1. The zero-order valence-corrected chi connectivity index (χ0v) is 15.3. The molecular formula is C23H22N2O2. The van der Waals surface area contributed by atoms with E-state index < -0.39 is 0 Å². The topological polar surface area (TPSA) is 51.2 Å². The number of hydrogen-bond acceptors (Lipinski definition) is 3. The van der Waals surface area contributed by atoms with Gasteiger partial charge in [-0.2, -0.15) is 0 Å². The summed E-state index contributed by atoms with van der Waals surface area (Å²) in [6.45, 7) is 2.37. The Balaban J connectivity index is 1.50. The molecule has 3 aromatic rings. The Morgan fingerprint density at radius 2 is 1.89 bits per heavy atom. The Labute approximate surface area is 159 Å². The molecular weight excluding hydrogens is 336 g/mol. The number of amides is 1. The first-order chi connectivity index (χ1) is 13.2. The van der Waals surface area contributed by atoms with E-state index in [2.05, 4.69) is 10.3 Å². The lowest BCUT2D eigenvalue weighted by atomic mass is 10.1. The van der Waals surface area contributed by atoms with Crippen molar-refractivity contribution in [1.82, 2.24) is 4.98 Å². The van der Waals surface area contributed by atoms with E-state index in [1.54, 1.807) is 6.20 Å². The summed E-state index contributed by atoms with van der Waals surface area (Å²) in [5.74, 6) is 0.697. The van der Waals surface area contributed by atoms with Crippen molar-refractivity contribution < 1.29 is 9.53 Å². The molecule has 0 spiro atoms. The number of benzene rings is 2. The second-order valence-corrected chi connectivity index (χ2v) is 6.17. The lowest BCUT2D eigenvalue weighted by molar-refractivity contribution is -0.116. The van der Waals surface area contributed by atoms with Gasteiger partial charge in [0.25, 0.3) is 0 Å². The fourth-order valence-corrected chi connectivity index (χ4v) is 2.50. The van der Waals surface area contributed by atoms with Crippen molar-refractivity contribution >= 4 is 23.7 Å². The molecule has 0 fully saturated rings. The second kappa shape index (κ2) is 9.34. The first kappa shape index (κ1) is 18.4. The summed E-state index contributed by atoms with van der Waals surface area (Å²) < 4.78 is 5.60. The minimum absolute atomic E-state index is 0.0760. The lowest BCUT2D eigenvalue weighted by Crippen LogP contribution is -2.15. The Bertz CT molecular complexity index is 903. The molecule has 2 aromatic carbocycles. The Morgan fingerprint density at radius 3 is 2.67 bits per heavy atom. The quantitative estimate of drug-likeness (QED) is 0.649. The molecule has 4 heteroatoms. The van der Waals surface area contributed by atoms with Gasteiger partial charge in [-0.25, -0.2) is 0 Å². The van der Waals surface area contributed by atoms with E-state index in [1.807, 2.05) is 85.8 Å². The van der Waals surface area contributed by atoms with Gasteiger partial charge in [-0.15, -0.1) is 0 Å². The van der Waals surface area contributed by atoms with E-state index in [-0.39, 0.29) is 5.91 Å². The van der Waals surface area contributed by atoms with Gasteiger partial charge in [-0.1, -0.05) is 42.0 Å². The number of aryl methyl sites for hydroxylation is 1. The SMILES string of the molecule is Cc1ccc(OCCC(=O)Nc2cccc(C=Cc3ccccn3)c2)cc1. The van der Waals surface area contributed by atoms with Crippen LogP contribution < -0.4 is 10.1 Å². The van der Waals surface area contributed by atoms with Crippen LogP contribution in [-0.2, 0) is 4.79 Å². The number of nitrogens with one attached hydrogen (secondary N) is 1. The molecule has 0 radical (unpaired) electrons. The van der Waals surface area contributed by atoms with E-state index in [0.717, 1.165) is 22.7 Å². The maximum absolute atomic E-state index is 12.1. The predicted molar refractivity (Wildman–Crippen MR) is 110 cm³/mol. The Morgan fingerprint density at radius 1 is 1.04 bits per heavy atom. The number of rotatable bonds is 7. The molecule has 1 heterocycles. The van der Waals surface area contributed by atoms with Crippen LogP contribution in [0.3, 0.4) is 0 Å². The van der Waals surface area contributed by atoms with Crippen LogP contribution in [0.15, 0.2) is 72.9 Å². The Hall–Kier alpha value is -3.40. The normalized spacial score (nSPS) is 10.7. The van der Waals surface area contributed by atoms with Gasteiger partial charge in [0.2, 0.25) is 5.91 Å². The van der Waals surface area contributed by atoms with Crippen molar-refractivity contribution in [3.63, 3.8) is 0 Å². The molecule has 0 saturated carbocycles. The number of pyridine rings is 1. The van der Waals surface area contributed by atoms with Crippen LogP contribution in [0, 0.1) is 6.92 Å². The zero-order valence-electron chi connectivity index (χ0n) is 15.3. The van der Waals surface area contributed by atoms with Crippen LogP contribution in [-0.4, -0.2) is 17.5 Å². The smallest absolute Gasteiger partial charge is 0.227 e. The molecule has 0 saturated heterocycles. The van der Waals surface area contributed by atoms with Crippen molar-refractivity contribution in [2.75, 3.05) is 11.9 Å². The molecule has 0 atom stereocenters. The third-order valence-corrected chi connectivity index (χ3v) is 3.92. The maximum atomic E-state index is 12.1. The third kappa shape index (κ3) is 6.12. The maximum Gasteiger partial charge on any atom is 0.227 e. The van der Waals surface area contributed by atoms with Gasteiger partial charge in [0.05, 0.1) is 18.7 Å². The number of aromatic nitrogens is 1. The number of carbonyl (C=O) groups is 1. The second-order valence-electron chi connectivity index (χ2n) is 6.17. The monoisotopic (exact) mass is 358 g/mol. The van der Waals surface area contributed by atoms with Crippen molar-refractivity contribution in [1.29, 1.82) is 0 Å². The average Bonchev–Trinajstić information content (AvgIpc) is 2.69. The molecule has 3 rings (SSSR count). The Kier molecular flexibility index (Phi) is 6.36. The molecule has 0 aliphatic rings. The van der Waals surface area contributed by atoms with E-state index in [9.17, 15) is 4.79 Å². The highest BCUT2D eigenvalue weighted by molar-refractivity contribution is 5.91. The van der Waals surface area contributed by atoms with Gasteiger partial charge in [0.1, 0.15) is 5.75 Å². The summed E-state index contributed by atoms with van der Waals surface area (Å²) in [6.07, 6.45) is 5.96. The van der Waals surface area contributed by atoms with E-state index in [4.69, 9.17) is 4.74 Å². The number of anilines is 1. The molecule has 27 heavy (non-hydrogen) atoms. The fourth-order valence-electron chi connectivity index (χ4n) is 2.50. The number of hydrogen-bond donors (Lipinski definition) is 1. The minimum Gasteiger partial charge on any atom is -0.493 e. The van der Waals surface area contributed by atoms with Crippen LogP contribution in [0.25, 0.3) is 12.2 Å². The van der Waals surface area contributed by atoms with Gasteiger partial charge >= 0.3 is 0 Å². The molecule has 1 amide bonds. The molecule has 1 N–H and O–H groups in total. The molecule has 0 unspecified atom stereocenters. The number of ether oxygens (including phenoxy) is 1. The molecule has 0 aliphatic heterocycles. The summed E-state index contributed by atoms with van der Waals surface area (Å²) in [6, 6.07) is 21.3. The molecule has 4 nitrogen and oxygen atoms in total. The summed E-state index contributed by atoms with van der Waals surface area (Å²) in [7, 11) is 0. The minimum atomic E-state index is -0.0760. The standard InChI is InChI=1S/C23H22N2O2/c1-18-8-12-22(13-9-18)27-16-14-23(26)25-21-7-4-5-19(17-21)10-11-20-6-2-3-15-24-20/h2-13,15,17H,14,16H2,1H3,(H,25,26). The molecule has 0 aliphatic carbocycles. The zero-order chi connectivity index (χ0) is 18.9. The highest BCUT2D eigenvalue weighted by atomic mass is 16.5. The van der Waals surface area contributed by atoms with Gasteiger partial charge in [0.15, 0.2) is 0 Å². The first-order valence-corrected chi connectivity index (χ1v) is 8.87. The van der Waals surface area contributed by atoms with Crippen LogP contribution in [0.5, 0.6) is 5.75 Å². The molecule has 136 valence electrons. The van der Waals surface area contributed by atoms with E-state index in [1.165, 1.54) is 5.56 Å². The summed E-state index contributed by atoms with van der Waals surface area (Å²) in [5, 5.41) is 2.91. The fraction of sp³-hybridized carbons (Fsp3) is 0.130. The molecule has 1 aromatic heterocycles. The van der Waals surface area contributed by atoms with Gasteiger partial charge in [0, 0.05) is 11.9 Å². The summed E-state index contributed by atoms with van der Waals surface area (Å²) in [4.78, 5) is 16.4. The van der Waals surface area contributed by atoms with Crippen molar-refractivity contribution in [3.05, 3.63) is 89.7 Å². The molecule has 0 bridgehead atoms. The van der Waals surface area contributed by atoms with Crippen LogP contribution in [0.1, 0.15) is 23.2 Å². The predicted octanol–water partition coefficient (Wildman–Crippen LogP) is 4.97. The highest BCUT2D eigenvalue weighted by Crippen LogP contribution is 2.14. The van der Waals surface area contributed by atoms with E-state index >= 15 is 0 Å². The summed E-state index contributed by atoms with van der Waals surface area (Å²) in [5.41, 5.74) is 3.82. The third-order valence-electron chi connectivity index (χ3n) is 3.92. The van der Waals surface area contributed by atoms with Gasteiger partial charge in [-0.3, -0.25) is 9.78 Å². The first-order valence-electron chi connectivity index (χ1n) is 8.87. The van der Waals surface area contributed by atoms with Crippen LogP contribution >= 0.6 is 0 Å². The highest BCUT2D eigenvalue weighted by Gasteiger charge is 2.03. The van der Waals surface area contributed by atoms with Gasteiger partial charge in [-0.05, 0) is 55.0 Å². The van der Waals surface area contributed by atoms with Crippen molar-refractivity contribution in [2.24, 2.45) is 0 Å². The largest absolute Gasteiger partial charge is 0.493 e. The van der Waals surface area contributed by atoms with Crippen LogP contribution in [0.4, 0.5) is 5.69 Å². The average molecular weight is 358 g/mol. The van der Waals surface area contributed by atoms with Crippen molar-refractivity contribution in [2.45, 2.75) is 13.3 Å². The van der Waals surface area contributed by atoms with E-state index in [0.29, 0.717) is 13.0 Å². The lowest BCUT2D eigenvalue weighted by Gasteiger charge is -2.08. The summed E-state index contributed by atoms with van der Waals surface area (Å²) >= 11 is 0. The van der Waals surface area contributed by atoms with Crippen molar-refractivity contribution in [3.8, 4) is 5.75 Å². The number of carbonyl (C=O) groups excluding carboxylic acids is 1.